The lowest BCUT2D eigenvalue weighted by Crippen LogP contribution is -2.34. The molecule has 0 radical (unpaired) electrons. The lowest BCUT2D eigenvalue weighted by molar-refractivity contribution is 0.254. The van der Waals surface area contributed by atoms with E-state index in [-0.39, 0.29) is 12.4 Å². The van der Waals surface area contributed by atoms with Crippen LogP contribution in [0.5, 0.6) is 0 Å². The monoisotopic (exact) mass is 260 g/mol. The van der Waals surface area contributed by atoms with E-state index in [2.05, 4.69) is 50.9 Å². The van der Waals surface area contributed by atoms with Crippen molar-refractivity contribution in [3.8, 4) is 0 Å². The lowest BCUT2D eigenvalue weighted by Gasteiger charge is -2.22. The number of nitrogens with two attached hydrogens (primary N) is 1. The molecule has 0 aliphatic rings. The van der Waals surface area contributed by atoms with Gasteiger partial charge in [-0.2, -0.15) is 5.10 Å². The zero-order valence-corrected chi connectivity index (χ0v) is 12.3. The SMILES string of the molecule is Cc1nn(C(C)C)cc1CN(C)C(C)CN.Cl. The fraction of sp³-hybridized carbons (Fsp3) is 0.750. The van der Waals surface area contributed by atoms with Gasteiger partial charge in [0, 0.05) is 36.9 Å². The van der Waals surface area contributed by atoms with Gasteiger partial charge in [-0.05, 0) is 34.7 Å². The molecule has 1 aromatic heterocycles. The molecule has 2 N–H and O–H groups in total. The van der Waals surface area contributed by atoms with Crippen LogP contribution in [0.3, 0.4) is 0 Å². The smallest absolute Gasteiger partial charge is 0.0638 e. The van der Waals surface area contributed by atoms with Crippen LogP contribution in [0.15, 0.2) is 6.20 Å². The molecule has 0 fully saturated rings. The summed E-state index contributed by atoms with van der Waals surface area (Å²) >= 11 is 0. The summed E-state index contributed by atoms with van der Waals surface area (Å²) in [7, 11) is 2.10. The molecular formula is C12H25ClN4. The zero-order chi connectivity index (χ0) is 12.3. The predicted molar refractivity (Wildman–Crippen MR) is 74.6 cm³/mol. The summed E-state index contributed by atoms with van der Waals surface area (Å²) in [6.45, 7) is 10.1. The molecule has 0 amide bonds. The van der Waals surface area contributed by atoms with Gasteiger partial charge >= 0.3 is 0 Å². The largest absolute Gasteiger partial charge is 0.329 e. The molecule has 0 aliphatic carbocycles. The summed E-state index contributed by atoms with van der Waals surface area (Å²) < 4.78 is 2.02. The normalized spacial score (nSPS) is 12.9. The van der Waals surface area contributed by atoms with Crippen molar-refractivity contribution in [3.63, 3.8) is 0 Å². The van der Waals surface area contributed by atoms with Crippen molar-refractivity contribution in [1.29, 1.82) is 0 Å². The first-order valence-electron chi connectivity index (χ1n) is 5.90. The predicted octanol–water partition coefficient (Wildman–Crippen LogP) is 1.97. The van der Waals surface area contributed by atoms with E-state index in [1.165, 1.54) is 5.56 Å². The van der Waals surface area contributed by atoms with Gasteiger partial charge in [-0.15, -0.1) is 12.4 Å². The maximum absolute atomic E-state index is 5.66. The van der Waals surface area contributed by atoms with Crippen LogP contribution in [0, 0.1) is 6.92 Å². The molecule has 100 valence electrons. The number of nitrogens with zero attached hydrogens (tertiary/aromatic N) is 3. The molecule has 0 aromatic carbocycles. The van der Waals surface area contributed by atoms with Gasteiger partial charge in [-0.25, -0.2) is 0 Å². The van der Waals surface area contributed by atoms with Crippen molar-refractivity contribution in [2.45, 2.75) is 46.3 Å². The Morgan fingerprint density at radius 2 is 2.00 bits per heavy atom. The first kappa shape index (κ1) is 16.4. The Bertz CT molecular complexity index is 335. The van der Waals surface area contributed by atoms with Crippen LogP contribution < -0.4 is 5.73 Å². The van der Waals surface area contributed by atoms with Crippen molar-refractivity contribution in [2.75, 3.05) is 13.6 Å². The highest BCUT2D eigenvalue weighted by molar-refractivity contribution is 5.85. The second kappa shape index (κ2) is 6.99. The highest BCUT2D eigenvalue weighted by Gasteiger charge is 2.12. The number of halogens is 1. The van der Waals surface area contributed by atoms with Crippen molar-refractivity contribution in [2.24, 2.45) is 5.73 Å². The van der Waals surface area contributed by atoms with Crippen LogP contribution in [0.2, 0.25) is 0 Å². The molecule has 1 rings (SSSR count). The van der Waals surface area contributed by atoms with Gasteiger partial charge in [0.1, 0.15) is 0 Å². The van der Waals surface area contributed by atoms with Crippen LogP contribution >= 0.6 is 12.4 Å². The van der Waals surface area contributed by atoms with Crippen LogP contribution in [-0.4, -0.2) is 34.3 Å². The number of likely N-dealkylation sites (N-methyl/N-ethyl adjacent to an activating group) is 1. The van der Waals surface area contributed by atoms with E-state index < -0.39 is 0 Å². The van der Waals surface area contributed by atoms with Crippen molar-refractivity contribution in [3.05, 3.63) is 17.5 Å². The summed E-state index contributed by atoms with van der Waals surface area (Å²) in [5, 5.41) is 4.51. The average Bonchev–Trinajstić information content (AvgIpc) is 2.59. The third-order valence-electron chi connectivity index (χ3n) is 3.06. The van der Waals surface area contributed by atoms with E-state index in [9.17, 15) is 0 Å². The van der Waals surface area contributed by atoms with Crippen LogP contribution in [0.25, 0.3) is 0 Å². The average molecular weight is 261 g/mol. The van der Waals surface area contributed by atoms with Gasteiger partial charge in [0.05, 0.1) is 5.69 Å². The molecule has 0 bridgehead atoms. The Kier molecular flexibility index (Phi) is 6.75. The molecule has 0 saturated heterocycles. The molecule has 0 saturated carbocycles. The highest BCUT2D eigenvalue weighted by atomic mass is 35.5. The van der Waals surface area contributed by atoms with E-state index in [1.54, 1.807) is 0 Å². The molecule has 0 spiro atoms. The first-order valence-corrected chi connectivity index (χ1v) is 5.90. The topological polar surface area (TPSA) is 47.1 Å². The molecule has 1 aromatic rings. The molecular weight excluding hydrogens is 236 g/mol. The quantitative estimate of drug-likeness (QED) is 0.881. The van der Waals surface area contributed by atoms with Crippen molar-refractivity contribution >= 4 is 12.4 Å². The lowest BCUT2D eigenvalue weighted by atomic mass is 10.2. The van der Waals surface area contributed by atoms with Crippen molar-refractivity contribution < 1.29 is 0 Å². The van der Waals surface area contributed by atoms with Crippen LogP contribution in [0.4, 0.5) is 0 Å². The Morgan fingerprint density at radius 1 is 1.41 bits per heavy atom. The number of aromatic nitrogens is 2. The summed E-state index contributed by atoms with van der Waals surface area (Å²) in [5.74, 6) is 0. The first-order chi connectivity index (χ1) is 7.45. The minimum absolute atomic E-state index is 0. The fourth-order valence-electron chi connectivity index (χ4n) is 1.54. The van der Waals surface area contributed by atoms with E-state index in [4.69, 9.17) is 5.73 Å². The molecule has 4 nitrogen and oxygen atoms in total. The number of hydrogen-bond acceptors (Lipinski definition) is 3. The molecule has 1 atom stereocenters. The van der Waals surface area contributed by atoms with Gasteiger partial charge in [-0.3, -0.25) is 9.58 Å². The fourth-order valence-corrected chi connectivity index (χ4v) is 1.54. The van der Waals surface area contributed by atoms with Gasteiger partial charge < -0.3 is 5.73 Å². The summed E-state index contributed by atoms with van der Waals surface area (Å²) in [5.41, 5.74) is 8.06. The molecule has 17 heavy (non-hydrogen) atoms. The van der Waals surface area contributed by atoms with Crippen LogP contribution in [-0.2, 0) is 6.54 Å². The Balaban J connectivity index is 0.00000256. The Labute approximate surface area is 111 Å². The maximum atomic E-state index is 5.66. The van der Waals surface area contributed by atoms with Crippen LogP contribution in [0.1, 0.15) is 38.1 Å². The molecule has 1 unspecified atom stereocenters. The number of hydrogen-bond donors (Lipinski definition) is 1. The van der Waals surface area contributed by atoms with Gasteiger partial charge in [0.25, 0.3) is 0 Å². The molecule has 0 aliphatic heterocycles. The minimum Gasteiger partial charge on any atom is -0.329 e. The summed E-state index contributed by atoms with van der Waals surface area (Å²) in [6, 6.07) is 0.825. The summed E-state index contributed by atoms with van der Waals surface area (Å²) in [4.78, 5) is 2.26. The second-order valence-corrected chi connectivity index (χ2v) is 4.81. The van der Waals surface area contributed by atoms with E-state index in [0.717, 1.165) is 12.2 Å². The Morgan fingerprint density at radius 3 is 2.41 bits per heavy atom. The van der Waals surface area contributed by atoms with E-state index >= 15 is 0 Å². The molecule has 5 heteroatoms. The maximum Gasteiger partial charge on any atom is 0.0638 e. The highest BCUT2D eigenvalue weighted by Crippen LogP contribution is 2.13. The number of aryl methyl sites for hydroxylation is 1. The van der Waals surface area contributed by atoms with Crippen molar-refractivity contribution in [1.82, 2.24) is 14.7 Å². The minimum atomic E-state index is 0. The third kappa shape index (κ3) is 4.30. The molecule has 1 heterocycles. The van der Waals surface area contributed by atoms with Gasteiger partial charge in [0.2, 0.25) is 0 Å². The van der Waals surface area contributed by atoms with E-state index in [1.807, 2.05) is 4.68 Å². The Hall–Kier alpha value is -0.580. The van der Waals surface area contributed by atoms with Gasteiger partial charge in [-0.1, -0.05) is 0 Å². The zero-order valence-electron chi connectivity index (χ0n) is 11.5. The number of rotatable bonds is 5. The standard InChI is InChI=1S/C12H24N4.ClH/c1-9(2)16-8-12(11(4)14-16)7-15(5)10(3)6-13;/h8-10H,6-7,13H2,1-5H3;1H. The second-order valence-electron chi connectivity index (χ2n) is 4.81. The third-order valence-corrected chi connectivity index (χ3v) is 3.06. The van der Waals surface area contributed by atoms with E-state index in [0.29, 0.717) is 18.6 Å². The summed E-state index contributed by atoms with van der Waals surface area (Å²) in [6.07, 6.45) is 2.14. The van der Waals surface area contributed by atoms with Gasteiger partial charge in [0.15, 0.2) is 0 Å².